The third kappa shape index (κ3) is 3.43. The lowest BCUT2D eigenvalue weighted by molar-refractivity contribution is 0.414. The molecule has 0 bridgehead atoms. The van der Waals surface area contributed by atoms with Crippen molar-refractivity contribution in [1.29, 1.82) is 0 Å². The van der Waals surface area contributed by atoms with Crippen LogP contribution in [0.15, 0.2) is 47.8 Å². The van der Waals surface area contributed by atoms with Gasteiger partial charge in [-0.05, 0) is 35.9 Å². The predicted octanol–water partition coefficient (Wildman–Crippen LogP) is 5.72. The van der Waals surface area contributed by atoms with Gasteiger partial charge in [0.1, 0.15) is 5.75 Å². The van der Waals surface area contributed by atoms with E-state index in [1.807, 2.05) is 29.6 Å². The van der Waals surface area contributed by atoms with Crippen LogP contribution in [-0.4, -0.2) is 12.1 Å². The number of hydrogen-bond donors (Lipinski definition) is 0. The predicted molar refractivity (Wildman–Crippen MR) is 93.4 cm³/mol. The molecule has 0 aliphatic carbocycles. The first kappa shape index (κ1) is 15.3. The second-order valence-corrected chi connectivity index (χ2v) is 6.57. The fourth-order valence-corrected chi connectivity index (χ4v) is 3.38. The highest BCUT2D eigenvalue weighted by Gasteiger charge is 2.10. The van der Waals surface area contributed by atoms with Crippen LogP contribution in [0.4, 0.5) is 0 Å². The van der Waals surface area contributed by atoms with Gasteiger partial charge in [0.25, 0.3) is 0 Å². The Hall–Kier alpha value is -1.55. The zero-order chi connectivity index (χ0) is 15.5. The second-order valence-electron chi connectivity index (χ2n) is 4.78. The molecule has 3 rings (SSSR count). The molecule has 112 valence electrons. The van der Waals surface area contributed by atoms with Crippen molar-refractivity contribution in [2.45, 2.75) is 6.42 Å². The number of rotatable bonds is 4. The number of nitrogens with zero attached hydrogens (tertiary/aromatic N) is 1. The van der Waals surface area contributed by atoms with E-state index in [2.05, 4.69) is 11.1 Å². The Balaban J connectivity index is 1.86. The van der Waals surface area contributed by atoms with Gasteiger partial charge in [-0.15, -0.1) is 11.3 Å². The monoisotopic (exact) mass is 349 g/mol. The minimum Gasteiger partial charge on any atom is -0.497 e. The SMILES string of the molecule is COc1cccc(Cc2nc(-c3cc(Cl)ccc3Cl)cs2)c1. The Kier molecular flexibility index (Phi) is 4.67. The molecule has 3 aromatic rings. The van der Waals surface area contributed by atoms with E-state index >= 15 is 0 Å². The summed E-state index contributed by atoms with van der Waals surface area (Å²) in [5.41, 5.74) is 2.88. The number of methoxy groups -OCH3 is 1. The summed E-state index contributed by atoms with van der Waals surface area (Å²) in [6.07, 6.45) is 0.764. The molecular weight excluding hydrogens is 337 g/mol. The molecule has 2 nitrogen and oxygen atoms in total. The van der Waals surface area contributed by atoms with Crippen molar-refractivity contribution in [3.05, 3.63) is 68.5 Å². The van der Waals surface area contributed by atoms with Crippen LogP contribution in [0.2, 0.25) is 10.0 Å². The maximum Gasteiger partial charge on any atom is 0.119 e. The lowest BCUT2D eigenvalue weighted by Crippen LogP contribution is -1.90. The molecule has 0 radical (unpaired) electrons. The summed E-state index contributed by atoms with van der Waals surface area (Å²) >= 11 is 13.9. The summed E-state index contributed by atoms with van der Waals surface area (Å²) in [5.74, 6) is 0.854. The van der Waals surface area contributed by atoms with Crippen molar-refractivity contribution in [1.82, 2.24) is 4.98 Å². The van der Waals surface area contributed by atoms with Crippen LogP contribution in [0.5, 0.6) is 5.75 Å². The standard InChI is InChI=1S/C17H13Cl2NOS/c1-21-13-4-2-3-11(7-13)8-17-20-16(10-22-17)14-9-12(18)5-6-15(14)19/h2-7,9-10H,8H2,1H3. The highest BCUT2D eigenvalue weighted by atomic mass is 35.5. The fourth-order valence-electron chi connectivity index (χ4n) is 2.17. The Morgan fingerprint density at radius 2 is 2.00 bits per heavy atom. The Bertz CT molecular complexity index is 801. The molecule has 0 saturated carbocycles. The molecule has 0 N–H and O–H groups in total. The minimum atomic E-state index is 0.654. The average Bonchev–Trinajstić information content (AvgIpc) is 2.98. The largest absolute Gasteiger partial charge is 0.497 e. The van der Waals surface area contributed by atoms with Crippen LogP contribution in [0.1, 0.15) is 10.6 Å². The highest BCUT2D eigenvalue weighted by molar-refractivity contribution is 7.10. The first-order valence-electron chi connectivity index (χ1n) is 6.68. The molecule has 22 heavy (non-hydrogen) atoms. The van der Waals surface area contributed by atoms with Gasteiger partial charge < -0.3 is 4.74 Å². The molecule has 0 fully saturated rings. The molecule has 0 aliphatic rings. The van der Waals surface area contributed by atoms with E-state index in [9.17, 15) is 0 Å². The number of aromatic nitrogens is 1. The van der Waals surface area contributed by atoms with E-state index in [0.29, 0.717) is 10.0 Å². The highest BCUT2D eigenvalue weighted by Crippen LogP contribution is 2.32. The van der Waals surface area contributed by atoms with Crippen LogP contribution in [-0.2, 0) is 6.42 Å². The molecular formula is C17H13Cl2NOS. The molecule has 0 spiro atoms. The van der Waals surface area contributed by atoms with Gasteiger partial charge >= 0.3 is 0 Å². The van der Waals surface area contributed by atoms with Crippen molar-refractivity contribution < 1.29 is 4.74 Å². The van der Waals surface area contributed by atoms with Crippen molar-refractivity contribution in [3.63, 3.8) is 0 Å². The molecule has 0 amide bonds. The van der Waals surface area contributed by atoms with Gasteiger partial charge in [-0.25, -0.2) is 4.98 Å². The van der Waals surface area contributed by atoms with Gasteiger partial charge in [-0.1, -0.05) is 35.3 Å². The third-order valence-electron chi connectivity index (χ3n) is 3.25. The molecule has 2 aromatic carbocycles. The number of thiazole rings is 1. The van der Waals surface area contributed by atoms with Crippen molar-refractivity contribution in [2.24, 2.45) is 0 Å². The second kappa shape index (κ2) is 6.69. The number of hydrogen-bond acceptors (Lipinski definition) is 3. The Labute approximate surface area is 143 Å². The zero-order valence-corrected chi connectivity index (χ0v) is 14.2. The zero-order valence-electron chi connectivity index (χ0n) is 11.8. The summed E-state index contributed by atoms with van der Waals surface area (Å²) in [5, 5.41) is 4.34. The lowest BCUT2D eigenvalue weighted by atomic mass is 10.1. The normalized spacial score (nSPS) is 10.7. The summed E-state index contributed by atoms with van der Waals surface area (Å²) in [4.78, 5) is 4.67. The van der Waals surface area contributed by atoms with E-state index in [1.54, 1.807) is 30.6 Å². The quantitative estimate of drug-likeness (QED) is 0.601. The van der Waals surface area contributed by atoms with Gasteiger partial charge in [0.2, 0.25) is 0 Å². The van der Waals surface area contributed by atoms with Crippen molar-refractivity contribution in [2.75, 3.05) is 7.11 Å². The summed E-state index contributed by atoms with van der Waals surface area (Å²) in [6, 6.07) is 13.4. The van der Waals surface area contributed by atoms with E-state index in [0.717, 1.165) is 34.0 Å². The number of halogens is 2. The molecule has 0 saturated heterocycles. The van der Waals surface area contributed by atoms with Crippen molar-refractivity contribution >= 4 is 34.5 Å². The minimum absolute atomic E-state index is 0.654. The van der Waals surface area contributed by atoms with Gasteiger partial charge in [0.15, 0.2) is 0 Å². The molecule has 0 aliphatic heterocycles. The third-order valence-corrected chi connectivity index (χ3v) is 4.66. The molecule has 5 heteroatoms. The first-order valence-corrected chi connectivity index (χ1v) is 8.32. The average molecular weight is 350 g/mol. The number of ether oxygens (including phenoxy) is 1. The Morgan fingerprint density at radius 1 is 1.14 bits per heavy atom. The van der Waals surface area contributed by atoms with E-state index in [1.165, 1.54) is 0 Å². The smallest absolute Gasteiger partial charge is 0.119 e. The van der Waals surface area contributed by atoms with Crippen LogP contribution in [0.25, 0.3) is 11.3 Å². The van der Waals surface area contributed by atoms with Crippen molar-refractivity contribution in [3.8, 4) is 17.0 Å². The maximum atomic E-state index is 6.23. The number of benzene rings is 2. The molecule has 0 atom stereocenters. The molecule has 0 unspecified atom stereocenters. The van der Waals surface area contributed by atoms with Crippen LogP contribution < -0.4 is 4.74 Å². The topological polar surface area (TPSA) is 22.1 Å². The van der Waals surface area contributed by atoms with E-state index in [4.69, 9.17) is 27.9 Å². The van der Waals surface area contributed by atoms with Gasteiger partial charge in [0, 0.05) is 22.4 Å². The van der Waals surface area contributed by atoms with Crippen LogP contribution >= 0.6 is 34.5 Å². The van der Waals surface area contributed by atoms with Crippen LogP contribution in [0, 0.1) is 0 Å². The summed E-state index contributed by atoms with van der Waals surface area (Å²) < 4.78 is 5.25. The van der Waals surface area contributed by atoms with Gasteiger partial charge in [-0.2, -0.15) is 0 Å². The van der Waals surface area contributed by atoms with Gasteiger partial charge in [0.05, 0.1) is 22.8 Å². The lowest BCUT2D eigenvalue weighted by Gasteiger charge is -2.03. The van der Waals surface area contributed by atoms with E-state index < -0.39 is 0 Å². The maximum absolute atomic E-state index is 6.23. The Morgan fingerprint density at radius 3 is 2.82 bits per heavy atom. The fraction of sp³-hybridized carbons (Fsp3) is 0.118. The van der Waals surface area contributed by atoms with Crippen LogP contribution in [0.3, 0.4) is 0 Å². The summed E-state index contributed by atoms with van der Waals surface area (Å²) in [6.45, 7) is 0. The first-order chi connectivity index (χ1) is 10.7. The molecule has 1 aromatic heterocycles. The van der Waals surface area contributed by atoms with Gasteiger partial charge in [-0.3, -0.25) is 0 Å². The van der Waals surface area contributed by atoms with E-state index in [-0.39, 0.29) is 0 Å². The summed E-state index contributed by atoms with van der Waals surface area (Å²) in [7, 11) is 1.67. The molecule has 1 heterocycles.